The number of hydrogen-bond donors (Lipinski definition) is 0. The summed E-state index contributed by atoms with van der Waals surface area (Å²) in [5, 5.41) is 1.42. The minimum atomic E-state index is -0.373. The zero-order valence-corrected chi connectivity index (χ0v) is 16.2. The third-order valence-electron chi connectivity index (χ3n) is 4.98. The van der Waals surface area contributed by atoms with Gasteiger partial charge < -0.3 is 9.32 Å². The Hall–Kier alpha value is -3.12. The molecule has 4 rings (SSSR count). The van der Waals surface area contributed by atoms with Crippen LogP contribution in [-0.4, -0.2) is 27.4 Å². The molecule has 1 amide bonds. The molecule has 0 aliphatic heterocycles. The first-order chi connectivity index (χ1) is 13.5. The van der Waals surface area contributed by atoms with Gasteiger partial charge in [-0.15, -0.1) is 0 Å². The Bertz CT molecular complexity index is 1230. The van der Waals surface area contributed by atoms with E-state index in [9.17, 15) is 9.59 Å². The summed E-state index contributed by atoms with van der Waals surface area (Å²) >= 11 is 5.93. The number of amides is 1. The minimum absolute atomic E-state index is 0.118. The van der Waals surface area contributed by atoms with Crippen molar-refractivity contribution in [1.82, 2.24) is 14.5 Å². The van der Waals surface area contributed by atoms with Crippen LogP contribution in [0.3, 0.4) is 0 Å². The smallest absolute Gasteiger partial charge is 0.297 e. The highest BCUT2D eigenvalue weighted by molar-refractivity contribution is 6.30. The summed E-state index contributed by atoms with van der Waals surface area (Å²) in [7, 11) is 1.71. The number of hydrogen-bond acceptors (Lipinski definition) is 4. The number of fused-ring (bicyclic) bond motifs is 3. The lowest BCUT2D eigenvalue weighted by Crippen LogP contribution is -2.35. The molecule has 2 aromatic carbocycles. The van der Waals surface area contributed by atoms with E-state index in [0.29, 0.717) is 16.1 Å². The van der Waals surface area contributed by atoms with Crippen molar-refractivity contribution < 1.29 is 9.21 Å². The molecule has 4 aromatic rings. The van der Waals surface area contributed by atoms with Crippen LogP contribution < -0.4 is 5.56 Å². The Kier molecular flexibility index (Phi) is 4.65. The van der Waals surface area contributed by atoms with Crippen LogP contribution in [0.15, 0.2) is 64.1 Å². The SMILES string of the molecule is CC(c1ccc(Cl)cc1)N(C)C(=O)Cn1cnc2c(oc3ccccc32)c1=O. The molecular weight excluding hydrogens is 378 g/mol. The molecule has 7 heteroatoms. The fourth-order valence-corrected chi connectivity index (χ4v) is 3.29. The van der Waals surface area contributed by atoms with Gasteiger partial charge in [0.25, 0.3) is 5.56 Å². The van der Waals surface area contributed by atoms with Gasteiger partial charge in [-0.1, -0.05) is 35.9 Å². The van der Waals surface area contributed by atoms with Gasteiger partial charge in [0.05, 0.1) is 12.4 Å². The van der Waals surface area contributed by atoms with E-state index in [1.54, 1.807) is 30.1 Å². The van der Waals surface area contributed by atoms with Gasteiger partial charge in [0.15, 0.2) is 0 Å². The quantitative estimate of drug-likeness (QED) is 0.523. The van der Waals surface area contributed by atoms with Gasteiger partial charge in [-0.25, -0.2) is 4.98 Å². The molecule has 2 heterocycles. The second-order valence-electron chi connectivity index (χ2n) is 6.69. The zero-order chi connectivity index (χ0) is 19.8. The summed E-state index contributed by atoms with van der Waals surface area (Å²) in [6, 6.07) is 14.5. The number of carbonyl (C=O) groups excluding carboxylic acids is 1. The summed E-state index contributed by atoms with van der Waals surface area (Å²) in [5.74, 6) is -0.207. The maximum absolute atomic E-state index is 12.8. The number of para-hydroxylation sites is 1. The Balaban J connectivity index is 1.61. The molecule has 0 fully saturated rings. The van der Waals surface area contributed by atoms with Crippen molar-refractivity contribution in [3.05, 3.63) is 75.8 Å². The molecule has 1 unspecified atom stereocenters. The Labute approximate surface area is 166 Å². The van der Waals surface area contributed by atoms with Crippen molar-refractivity contribution >= 4 is 39.6 Å². The van der Waals surface area contributed by atoms with E-state index in [1.807, 2.05) is 37.3 Å². The molecular formula is C21H18ClN3O3. The second-order valence-corrected chi connectivity index (χ2v) is 7.12. The number of halogens is 1. The first-order valence-electron chi connectivity index (χ1n) is 8.83. The summed E-state index contributed by atoms with van der Waals surface area (Å²) in [5.41, 5.74) is 1.84. The van der Waals surface area contributed by atoms with Crippen molar-refractivity contribution in [1.29, 1.82) is 0 Å². The Morgan fingerprint density at radius 3 is 2.68 bits per heavy atom. The van der Waals surface area contributed by atoms with E-state index in [0.717, 1.165) is 10.9 Å². The largest absolute Gasteiger partial charge is 0.448 e. The molecule has 0 bridgehead atoms. The molecule has 0 N–H and O–H groups in total. The zero-order valence-electron chi connectivity index (χ0n) is 15.4. The van der Waals surface area contributed by atoms with Crippen molar-refractivity contribution in [2.75, 3.05) is 7.05 Å². The summed E-state index contributed by atoms with van der Waals surface area (Å²) in [6.07, 6.45) is 1.39. The van der Waals surface area contributed by atoms with Gasteiger partial charge in [0.2, 0.25) is 11.5 Å². The van der Waals surface area contributed by atoms with E-state index < -0.39 is 0 Å². The lowest BCUT2D eigenvalue weighted by atomic mass is 10.1. The highest BCUT2D eigenvalue weighted by Crippen LogP contribution is 2.24. The third-order valence-corrected chi connectivity index (χ3v) is 5.23. The highest BCUT2D eigenvalue weighted by Gasteiger charge is 2.20. The van der Waals surface area contributed by atoms with E-state index in [1.165, 1.54) is 10.9 Å². The van der Waals surface area contributed by atoms with Gasteiger partial charge in [0.1, 0.15) is 17.6 Å². The van der Waals surface area contributed by atoms with Crippen LogP contribution in [0.25, 0.3) is 22.1 Å². The molecule has 6 nitrogen and oxygen atoms in total. The molecule has 1 atom stereocenters. The van der Waals surface area contributed by atoms with Crippen molar-refractivity contribution in [2.45, 2.75) is 19.5 Å². The topological polar surface area (TPSA) is 68.3 Å². The predicted molar refractivity (Wildman–Crippen MR) is 108 cm³/mol. The number of likely N-dealkylation sites (N-methyl/N-ethyl adjacent to an activating group) is 1. The molecule has 0 radical (unpaired) electrons. The lowest BCUT2D eigenvalue weighted by molar-refractivity contribution is -0.132. The molecule has 0 saturated heterocycles. The predicted octanol–water partition coefficient (Wildman–Crippen LogP) is 4.02. The van der Waals surface area contributed by atoms with Gasteiger partial charge >= 0.3 is 0 Å². The molecule has 28 heavy (non-hydrogen) atoms. The van der Waals surface area contributed by atoms with Crippen molar-refractivity contribution in [3.8, 4) is 0 Å². The van der Waals surface area contributed by atoms with Crippen LogP contribution >= 0.6 is 11.6 Å². The van der Waals surface area contributed by atoms with Gasteiger partial charge in [-0.3, -0.25) is 14.2 Å². The number of carbonyl (C=O) groups is 1. The summed E-state index contributed by atoms with van der Waals surface area (Å²) < 4.78 is 6.94. The van der Waals surface area contributed by atoms with E-state index >= 15 is 0 Å². The summed E-state index contributed by atoms with van der Waals surface area (Å²) in [6.45, 7) is 1.80. The average Bonchev–Trinajstić information content (AvgIpc) is 3.09. The monoisotopic (exact) mass is 395 g/mol. The van der Waals surface area contributed by atoms with Crippen LogP contribution in [-0.2, 0) is 11.3 Å². The van der Waals surface area contributed by atoms with Crippen LogP contribution in [0.4, 0.5) is 0 Å². The summed E-state index contributed by atoms with van der Waals surface area (Å²) in [4.78, 5) is 31.4. The Morgan fingerprint density at radius 1 is 1.21 bits per heavy atom. The Morgan fingerprint density at radius 2 is 1.93 bits per heavy atom. The molecule has 0 aliphatic rings. The van der Waals surface area contributed by atoms with Crippen molar-refractivity contribution in [3.63, 3.8) is 0 Å². The van der Waals surface area contributed by atoms with Gasteiger partial charge in [0, 0.05) is 17.5 Å². The number of rotatable bonds is 4. The van der Waals surface area contributed by atoms with Crippen LogP contribution in [0.2, 0.25) is 5.02 Å². The number of nitrogens with zero attached hydrogens (tertiary/aromatic N) is 3. The maximum atomic E-state index is 12.8. The third kappa shape index (κ3) is 3.16. The first-order valence-corrected chi connectivity index (χ1v) is 9.21. The van der Waals surface area contributed by atoms with E-state index in [4.69, 9.17) is 16.0 Å². The van der Waals surface area contributed by atoms with E-state index in [-0.39, 0.29) is 29.6 Å². The van der Waals surface area contributed by atoms with Gasteiger partial charge in [-0.2, -0.15) is 0 Å². The standard InChI is InChI=1S/C21H18ClN3O3/c1-13(14-7-9-15(22)10-8-14)24(2)18(26)11-25-12-23-19-16-5-3-4-6-17(16)28-20(19)21(25)27/h3-10,12-13H,11H2,1-2H3. The number of aromatic nitrogens is 2. The molecule has 0 aliphatic carbocycles. The molecule has 142 valence electrons. The minimum Gasteiger partial charge on any atom is -0.448 e. The highest BCUT2D eigenvalue weighted by atomic mass is 35.5. The fourth-order valence-electron chi connectivity index (χ4n) is 3.17. The first kappa shape index (κ1) is 18.3. The number of benzene rings is 2. The lowest BCUT2D eigenvalue weighted by Gasteiger charge is -2.25. The van der Waals surface area contributed by atoms with Gasteiger partial charge in [-0.05, 0) is 36.8 Å². The molecule has 0 saturated carbocycles. The van der Waals surface area contributed by atoms with Crippen LogP contribution in [0.1, 0.15) is 18.5 Å². The second kappa shape index (κ2) is 7.13. The van der Waals surface area contributed by atoms with E-state index in [2.05, 4.69) is 4.98 Å². The molecule has 0 spiro atoms. The normalized spacial score (nSPS) is 12.4. The van der Waals surface area contributed by atoms with Crippen LogP contribution in [0, 0.1) is 0 Å². The fraction of sp³-hybridized carbons (Fsp3) is 0.190. The maximum Gasteiger partial charge on any atom is 0.297 e. The number of furan rings is 1. The van der Waals surface area contributed by atoms with Crippen LogP contribution in [0.5, 0.6) is 0 Å². The molecule has 2 aromatic heterocycles. The average molecular weight is 396 g/mol. The van der Waals surface area contributed by atoms with Crippen molar-refractivity contribution in [2.24, 2.45) is 0 Å².